The third kappa shape index (κ3) is 1.15. The smallest absolute Gasteiger partial charge is 0.00614 e. The van der Waals surface area contributed by atoms with Crippen LogP contribution in [0.3, 0.4) is 0 Å². The molecule has 0 unspecified atom stereocenters. The molecular formula is C18H14. The summed E-state index contributed by atoms with van der Waals surface area (Å²) in [7, 11) is 0. The van der Waals surface area contributed by atoms with Gasteiger partial charge in [0.2, 0.25) is 0 Å². The molecule has 0 nitrogen and oxygen atoms in total. The Morgan fingerprint density at radius 2 is 1.67 bits per heavy atom. The molecule has 0 spiro atoms. The molecule has 2 aliphatic rings. The van der Waals surface area contributed by atoms with Crippen molar-refractivity contribution in [2.75, 3.05) is 0 Å². The van der Waals surface area contributed by atoms with Gasteiger partial charge in [-0.3, -0.25) is 0 Å². The van der Waals surface area contributed by atoms with E-state index in [1.807, 2.05) is 6.08 Å². The minimum Gasteiger partial charge on any atom is -0.0984 e. The molecule has 0 bridgehead atoms. The van der Waals surface area contributed by atoms with Crippen LogP contribution in [0.25, 0.3) is 29.0 Å². The van der Waals surface area contributed by atoms with Gasteiger partial charge in [0.1, 0.15) is 0 Å². The van der Waals surface area contributed by atoms with E-state index in [0.717, 1.165) is 12.8 Å². The second-order valence-electron chi connectivity index (χ2n) is 5.02. The first-order valence-corrected chi connectivity index (χ1v) is 6.45. The van der Waals surface area contributed by atoms with Crippen LogP contribution in [0.2, 0.25) is 0 Å². The highest BCUT2D eigenvalue weighted by Gasteiger charge is 2.17. The summed E-state index contributed by atoms with van der Waals surface area (Å²) in [6, 6.07) is 6.85. The van der Waals surface area contributed by atoms with Crippen LogP contribution in [-0.4, -0.2) is 0 Å². The quantitative estimate of drug-likeness (QED) is 0.670. The Balaban J connectivity index is 2.29. The predicted molar refractivity (Wildman–Crippen MR) is 79.5 cm³/mol. The maximum absolute atomic E-state index is 3.96. The van der Waals surface area contributed by atoms with Gasteiger partial charge in [-0.2, -0.15) is 0 Å². The lowest BCUT2D eigenvalue weighted by molar-refractivity contribution is 1.24. The van der Waals surface area contributed by atoms with E-state index < -0.39 is 0 Å². The molecule has 0 amide bonds. The molecule has 0 aliphatic heterocycles. The first-order chi connectivity index (χ1) is 8.88. The molecule has 4 rings (SSSR count). The maximum Gasteiger partial charge on any atom is -0.00614 e. The summed E-state index contributed by atoms with van der Waals surface area (Å²) in [5.41, 5.74) is 6.85. The molecule has 2 aromatic rings. The van der Waals surface area contributed by atoms with Gasteiger partial charge < -0.3 is 0 Å². The van der Waals surface area contributed by atoms with Crippen LogP contribution in [0.15, 0.2) is 36.9 Å². The average Bonchev–Trinajstić information content (AvgIpc) is 2.44. The van der Waals surface area contributed by atoms with Crippen molar-refractivity contribution in [1.82, 2.24) is 0 Å². The second-order valence-corrected chi connectivity index (χ2v) is 5.02. The number of hydrogen-bond donors (Lipinski definition) is 0. The van der Waals surface area contributed by atoms with Crippen molar-refractivity contribution in [3.8, 4) is 0 Å². The Labute approximate surface area is 107 Å². The summed E-state index contributed by atoms with van der Waals surface area (Å²) in [6.07, 6.45) is 13.1. The number of benzene rings is 2. The van der Waals surface area contributed by atoms with E-state index in [1.165, 1.54) is 38.6 Å². The second kappa shape index (κ2) is 3.46. The van der Waals surface area contributed by atoms with E-state index in [2.05, 4.69) is 49.1 Å². The molecule has 0 saturated carbocycles. The summed E-state index contributed by atoms with van der Waals surface area (Å²) < 4.78 is 0. The summed E-state index contributed by atoms with van der Waals surface area (Å²) >= 11 is 0. The van der Waals surface area contributed by atoms with Gasteiger partial charge in [-0.25, -0.2) is 0 Å². The zero-order valence-corrected chi connectivity index (χ0v) is 10.2. The highest BCUT2D eigenvalue weighted by molar-refractivity contribution is 6.04. The van der Waals surface area contributed by atoms with Crippen molar-refractivity contribution in [2.24, 2.45) is 0 Å². The van der Waals surface area contributed by atoms with Crippen molar-refractivity contribution in [3.63, 3.8) is 0 Å². The molecule has 0 radical (unpaired) electrons. The normalized spacial score (nSPS) is 15.1. The van der Waals surface area contributed by atoms with E-state index >= 15 is 0 Å². The molecule has 0 fully saturated rings. The van der Waals surface area contributed by atoms with Crippen LogP contribution in [0, 0.1) is 0 Å². The molecule has 0 atom stereocenters. The molecule has 0 heteroatoms. The van der Waals surface area contributed by atoms with Crippen molar-refractivity contribution in [3.05, 3.63) is 64.7 Å². The zero-order chi connectivity index (χ0) is 12.1. The maximum atomic E-state index is 3.96. The molecule has 0 saturated heterocycles. The van der Waals surface area contributed by atoms with Crippen LogP contribution < -0.4 is 0 Å². The topological polar surface area (TPSA) is 0 Å². The first-order valence-electron chi connectivity index (χ1n) is 6.45. The van der Waals surface area contributed by atoms with Gasteiger partial charge in [0, 0.05) is 0 Å². The van der Waals surface area contributed by atoms with Crippen LogP contribution in [0.5, 0.6) is 0 Å². The fourth-order valence-electron chi connectivity index (χ4n) is 3.22. The molecule has 0 N–H and O–H groups in total. The molecule has 0 aromatic heterocycles. The Morgan fingerprint density at radius 3 is 2.44 bits per heavy atom. The van der Waals surface area contributed by atoms with Gasteiger partial charge in [-0.1, -0.05) is 49.1 Å². The van der Waals surface area contributed by atoms with E-state index in [4.69, 9.17) is 0 Å². The first kappa shape index (κ1) is 9.90. The van der Waals surface area contributed by atoms with Gasteiger partial charge in [-0.05, 0) is 57.5 Å². The van der Waals surface area contributed by atoms with Gasteiger partial charge in [0.05, 0.1) is 0 Å². The van der Waals surface area contributed by atoms with Crippen LogP contribution in [-0.2, 0) is 12.8 Å². The van der Waals surface area contributed by atoms with E-state index in [1.54, 1.807) is 0 Å². The summed E-state index contributed by atoms with van der Waals surface area (Å²) in [6.45, 7) is 3.96. The van der Waals surface area contributed by atoms with Gasteiger partial charge in [-0.15, -0.1) is 0 Å². The van der Waals surface area contributed by atoms with Gasteiger partial charge >= 0.3 is 0 Å². The summed E-state index contributed by atoms with van der Waals surface area (Å²) in [5.74, 6) is 0. The zero-order valence-electron chi connectivity index (χ0n) is 10.2. The Morgan fingerprint density at radius 1 is 0.944 bits per heavy atom. The Kier molecular flexibility index (Phi) is 1.90. The molecule has 2 aromatic carbocycles. The van der Waals surface area contributed by atoms with Crippen molar-refractivity contribution in [1.29, 1.82) is 0 Å². The monoisotopic (exact) mass is 230 g/mol. The third-order valence-corrected chi connectivity index (χ3v) is 4.04. The van der Waals surface area contributed by atoms with Crippen LogP contribution in [0.1, 0.15) is 27.8 Å². The third-order valence-electron chi connectivity index (χ3n) is 4.04. The highest BCUT2D eigenvalue weighted by atomic mass is 14.2. The van der Waals surface area contributed by atoms with Crippen molar-refractivity contribution >= 4 is 29.0 Å². The number of allylic oxidation sites excluding steroid dienone is 2. The minimum atomic E-state index is 1.05. The Bertz CT molecular complexity index is 742. The summed E-state index contributed by atoms with van der Waals surface area (Å²) in [4.78, 5) is 0. The number of hydrogen-bond acceptors (Lipinski definition) is 0. The minimum absolute atomic E-state index is 1.05. The lowest BCUT2D eigenvalue weighted by atomic mass is 9.83. The van der Waals surface area contributed by atoms with Crippen LogP contribution >= 0.6 is 0 Å². The fraction of sp³-hybridized carbons (Fsp3) is 0.111. The lowest BCUT2D eigenvalue weighted by Gasteiger charge is -2.21. The Hall–Kier alpha value is -2.08. The molecule has 18 heavy (non-hydrogen) atoms. The summed E-state index contributed by atoms with van der Waals surface area (Å²) in [5, 5.41) is 2.91. The predicted octanol–water partition coefficient (Wildman–Crippen LogP) is 4.62. The highest BCUT2D eigenvalue weighted by Crippen LogP contribution is 2.38. The largest absolute Gasteiger partial charge is 0.0984 e. The molecular weight excluding hydrogens is 216 g/mol. The molecule has 86 valence electrons. The molecule has 0 heterocycles. The van der Waals surface area contributed by atoms with Crippen molar-refractivity contribution < 1.29 is 0 Å². The van der Waals surface area contributed by atoms with Crippen LogP contribution in [0.4, 0.5) is 0 Å². The molecule has 2 aliphatic carbocycles. The van der Waals surface area contributed by atoms with Gasteiger partial charge in [0.25, 0.3) is 0 Å². The van der Waals surface area contributed by atoms with E-state index in [-0.39, 0.29) is 0 Å². The van der Waals surface area contributed by atoms with E-state index in [0.29, 0.717) is 0 Å². The van der Waals surface area contributed by atoms with E-state index in [9.17, 15) is 0 Å². The SMILES string of the molecule is C=Cc1cc2c3c(ccc4c3c1C=CC4)CC=C2. The average molecular weight is 230 g/mol. The standard InChI is InChI=1S/C18H14/c1-2-12-11-15-7-3-5-13-9-10-14-6-4-8-16(12)18(14)17(13)15/h2-4,7-11H,1,5-6H2. The number of rotatable bonds is 1. The van der Waals surface area contributed by atoms with Gasteiger partial charge in [0.15, 0.2) is 0 Å². The van der Waals surface area contributed by atoms with Crippen molar-refractivity contribution in [2.45, 2.75) is 12.8 Å². The fourth-order valence-corrected chi connectivity index (χ4v) is 3.22. The lowest BCUT2D eigenvalue weighted by Crippen LogP contribution is -2.02.